The molecule has 1 heterocycles. The summed E-state index contributed by atoms with van der Waals surface area (Å²) >= 11 is 0. The Labute approximate surface area is 124 Å². The number of carbonyl (C=O) groups excluding carboxylic acids is 1. The molecule has 4 nitrogen and oxygen atoms in total. The molecule has 1 aliphatic rings. The van der Waals surface area contributed by atoms with Crippen LogP contribution < -0.4 is 11.1 Å². The maximum atomic E-state index is 11.4. The van der Waals surface area contributed by atoms with Crippen LogP contribution in [0, 0.1) is 5.92 Å². The van der Waals surface area contributed by atoms with Crippen molar-refractivity contribution in [2.45, 2.75) is 64.8 Å². The number of primary amides is 1. The van der Waals surface area contributed by atoms with E-state index in [0.29, 0.717) is 0 Å². The quantitative estimate of drug-likeness (QED) is 0.681. The Kier molecular flexibility index (Phi) is 8.86. The molecule has 0 saturated carbocycles. The summed E-state index contributed by atoms with van der Waals surface area (Å²) in [5, 5.41) is 3.25. The Morgan fingerprint density at radius 2 is 2.10 bits per heavy atom. The maximum absolute atomic E-state index is 11.4. The zero-order chi connectivity index (χ0) is 14.8. The molecule has 1 rings (SSSR count). The van der Waals surface area contributed by atoms with Gasteiger partial charge in [0.2, 0.25) is 5.91 Å². The van der Waals surface area contributed by atoms with Gasteiger partial charge in [0.05, 0.1) is 6.04 Å². The van der Waals surface area contributed by atoms with Gasteiger partial charge in [0.25, 0.3) is 0 Å². The van der Waals surface area contributed by atoms with Gasteiger partial charge in [-0.05, 0) is 57.7 Å². The SMILES string of the molecule is CCCNC(CCN1CCCC(CCC)CC1)C(N)=O. The monoisotopic (exact) mass is 283 g/mol. The third kappa shape index (κ3) is 6.71. The molecule has 1 aliphatic heterocycles. The number of rotatable bonds is 9. The average Bonchev–Trinajstić information content (AvgIpc) is 2.64. The van der Waals surface area contributed by atoms with E-state index in [0.717, 1.165) is 31.8 Å². The number of amides is 1. The molecule has 1 saturated heterocycles. The van der Waals surface area contributed by atoms with Crippen LogP contribution in [0.2, 0.25) is 0 Å². The summed E-state index contributed by atoms with van der Waals surface area (Å²) in [4.78, 5) is 13.9. The van der Waals surface area contributed by atoms with Crippen LogP contribution in [0.15, 0.2) is 0 Å². The van der Waals surface area contributed by atoms with E-state index >= 15 is 0 Å². The van der Waals surface area contributed by atoms with E-state index in [1.807, 2.05) is 0 Å². The van der Waals surface area contributed by atoms with Crippen LogP contribution in [0.3, 0.4) is 0 Å². The Hall–Kier alpha value is -0.610. The minimum absolute atomic E-state index is 0.162. The Morgan fingerprint density at radius 3 is 2.75 bits per heavy atom. The minimum atomic E-state index is -0.211. The molecule has 1 amide bonds. The molecular weight excluding hydrogens is 250 g/mol. The lowest BCUT2D eigenvalue weighted by Gasteiger charge is -2.23. The molecule has 3 N–H and O–H groups in total. The molecule has 0 spiro atoms. The summed E-state index contributed by atoms with van der Waals surface area (Å²) < 4.78 is 0. The zero-order valence-corrected chi connectivity index (χ0v) is 13.4. The first-order valence-corrected chi connectivity index (χ1v) is 8.42. The van der Waals surface area contributed by atoms with E-state index in [4.69, 9.17) is 5.73 Å². The van der Waals surface area contributed by atoms with Crippen molar-refractivity contribution in [1.82, 2.24) is 10.2 Å². The lowest BCUT2D eigenvalue weighted by molar-refractivity contribution is -0.120. The molecule has 2 atom stereocenters. The summed E-state index contributed by atoms with van der Waals surface area (Å²) in [7, 11) is 0. The molecule has 2 unspecified atom stereocenters. The van der Waals surface area contributed by atoms with Crippen molar-refractivity contribution >= 4 is 5.91 Å². The molecule has 0 aromatic rings. The second-order valence-electron chi connectivity index (χ2n) is 6.12. The van der Waals surface area contributed by atoms with Crippen LogP contribution in [0.5, 0.6) is 0 Å². The third-order valence-corrected chi connectivity index (χ3v) is 4.36. The van der Waals surface area contributed by atoms with Crippen LogP contribution >= 0.6 is 0 Å². The molecule has 0 radical (unpaired) electrons. The number of carbonyl (C=O) groups is 1. The number of likely N-dealkylation sites (tertiary alicyclic amines) is 1. The van der Waals surface area contributed by atoms with Gasteiger partial charge in [-0.15, -0.1) is 0 Å². The van der Waals surface area contributed by atoms with Crippen molar-refractivity contribution in [3.63, 3.8) is 0 Å². The number of nitrogens with zero attached hydrogens (tertiary/aromatic N) is 1. The zero-order valence-electron chi connectivity index (χ0n) is 13.4. The van der Waals surface area contributed by atoms with Crippen LogP contribution in [-0.4, -0.2) is 43.0 Å². The predicted octanol–water partition coefficient (Wildman–Crippen LogP) is 2.13. The normalized spacial score (nSPS) is 22.4. The average molecular weight is 283 g/mol. The molecule has 0 aromatic carbocycles. The van der Waals surface area contributed by atoms with Gasteiger partial charge in [-0.3, -0.25) is 4.79 Å². The van der Waals surface area contributed by atoms with Gasteiger partial charge in [0.15, 0.2) is 0 Å². The second kappa shape index (κ2) is 10.2. The highest BCUT2D eigenvalue weighted by Gasteiger charge is 2.19. The van der Waals surface area contributed by atoms with Gasteiger partial charge in [-0.2, -0.15) is 0 Å². The highest BCUT2D eigenvalue weighted by molar-refractivity contribution is 5.79. The minimum Gasteiger partial charge on any atom is -0.368 e. The van der Waals surface area contributed by atoms with Crippen molar-refractivity contribution < 1.29 is 4.79 Å². The number of hydrogen-bond donors (Lipinski definition) is 2. The standard InChI is InChI=1S/C16H33N3O/c1-3-6-14-7-5-11-19(12-8-14)13-9-15(16(17)20)18-10-4-2/h14-15,18H,3-13H2,1-2H3,(H2,17,20). The van der Waals surface area contributed by atoms with Crippen molar-refractivity contribution in [2.24, 2.45) is 11.7 Å². The van der Waals surface area contributed by atoms with E-state index in [1.54, 1.807) is 0 Å². The molecule has 118 valence electrons. The third-order valence-electron chi connectivity index (χ3n) is 4.36. The van der Waals surface area contributed by atoms with Crippen LogP contribution in [0.4, 0.5) is 0 Å². The van der Waals surface area contributed by atoms with E-state index in [-0.39, 0.29) is 11.9 Å². The fraction of sp³-hybridized carbons (Fsp3) is 0.938. The van der Waals surface area contributed by atoms with Crippen LogP contribution in [0.1, 0.15) is 58.8 Å². The summed E-state index contributed by atoms with van der Waals surface area (Å²) in [6.07, 6.45) is 8.54. The van der Waals surface area contributed by atoms with Crippen molar-refractivity contribution in [1.29, 1.82) is 0 Å². The smallest absolute Gasteiger partial charge is 0.234 e. The van der Waals surface area contributed by atoms with E-state index in [2.05, 4.69) is 24.1 Å². The van der Waals surface area contributed by atoms with Gasteiger partial charge in [-0.25, -0.2) is 0 Å². The number of nitrogens with two attached hydrogens (primary N) is 1. The lowest BCUT2D eigenvalue weighted by Crippen LogP contribution is -2.44. The van der Waals surface area contributed by atoms with Crippen LogP contribution in [-0.2, 0) is 4.79 Å². The summed E-state index contributed by atoms with van der Waals surface area (Å²) in [5.74, 6) is 0.701. The largest absolute Gasteiger partial charge is 0.368 e. The molecule has 0 aromatic heterocycles. The molecular formula is C16H33N3O. The van der Waals surface area contributed by atoms with Crippen LogP contribution in [0.25, 0.3) is 0 Å². The summed E-state index contributed by atoms with van der Waals surface area (Å²) in [6.45, 7) is 8.60. The number of nitrogens with one attached hydrogen (secondary N) is 1. The Balaban J connectivity index is 2.30. The maximum Gasteiger partial charge on any atom is 0.234 e. The van der Waals surface area contributed by atoms with E-state index in [9.17, 15) is 4.79 Å². The summed E-state index contributed by atoms with van der Waals surface area (Å²) in [5.41, 5.74) is 5.47. The van der Waals surface area contributed by atoms with Crippen molar-refractivity contribution in [2.75, 3.05) is 26.2 Å². The topological polar surface area (TPSA) is 58.4 Å². The molecule has 0 aliphatic carbocycles. The van der Waals surface area contributed by atoms with Gasteiger partial charge in [0, 0.05) is 6.54 Å². The van der Waals surface area contributed by atoms with Gasteiger partial charge in [-0.1, -0.05) is 26.7 Å². The lowest BCUT2D eigenvalue weighted by atomic mass is 9.96. The fourth-order valence-corrected chi connectivity index (χ4v) is 3.12. The van der Waals surface area contributed by atoms with Gasteiger partial charge >= 0.3 is 0 Å². The van der Waals surface area contributed by atoms with E-state index in [1.165, 1.54) is 45.2 Å². The highest BCUT2D eigenvalue weighted by Crippen LogP contribution is 2.21. The molecule has 20 heavy (non-hydrogen) atoms. The van der Waals surface area contributed by atoms with Crippen molar-refractivity contribution in [3.05, 3.63) is 0 Å². The Morgan fingerprint density at radius 1 is 1.30 bits per heavy atom. The van der Waals surface area contributed by atoms with Gasteiger partial charge in [0.1, 0.15) is 0 Å². The van der Waals surface area contributed by atoms with Gasteiger partial charge < -0.3 is 16.0 Å². The Bertz CT molecular complexity index is 270. The first-order valence-electron chi connectivity index (χ1n) is 8.42. The first-order chi connectivity index (χ1) is 9.67. The van der Waals surface area contributed by atoms with Crippen molar-refractivity contribution in [3.8, 4) is 0 Å². The molecule has 4 heteroatoms. The second-order valence-corrected chi connectivity index (χ2v) is 6.12. The predicted molar refractivity (Wildman–Crippen MR) is 84.6 cm³/mol. The molecule has 1 fully saturated rings. The van der Waals surface area contributed by atoms with E-state index < -0.39 is 0 Å². The molecule has 0 bridgehead atoms. The highest BCUT2D eigenvalue weighted by atomic mass is 16.1. The first kappa shape index (κ1) is 17.4. The summed E-state index contributed by atoms with van der Waals surface area (Å²) in [6, 6.07) is -0.162. The number of hydrogen-bond acceptors (Lipinski definition) is 3. The fourth-order valence-electron chi connectivity index (χ4n) is 3.12.